The lowest BCUT2D eigenvalue weighted by atomic mass is 10.0. The average Bonchev–Trinajstić information content (AvgIpc) is 2.88. The van der Waals surface area contributed by atoms with E-state index in [1.165, 1.54) is 11.1 Å². The van der Waals surface area contributed by atoms with Gasteiger partial charge < -0.3 is 9.30 Å². The molecular weight excluding hydrogens is 420 g/mol. The van der Waals surface area contributed by atoms with Crippen molar-refractivity contribution in [3.05, 3.63) is 136 Å². The Bertz CT molecular complexity index is 1250. The molecule has 0 saturated heterocycles. The van der Waals surface area contributed by atoms with Crippen molar-refractivity contribution in [3.63, 3.8) is 0 Å². The first-order valence-electron chi connectivity index (χ1n) is 12.0. The molecule has 0 N–H and O–H groups in total. The van der Waals surface area contributed by atoms with Crippen LogP contribution < -0.4 is 10.2 Å². The number of hydrogen-bond acceptors (Lipinski definition) is 3. The average molecular weight is 451 g/mol. The van der Waals surface area contributed by atoms with Gasteiger partial charge >= 0.3 is 0 Å². The molecule has 34 heavy (non-hydrogen) atoms. The highest BCUT2D eigenvalue weighted by molar-refractivity contribution is 5.25. The number of aromatic nitrogens is 1. The minimum Gasteiger partial charge on any atom is -0.483 e. The van der Waals surface area contributed by atoms with E-state index in [9.17, 15) is 4.79 Å². The molecule has 1 aromatic heterocycles. The molecule has 0 saturated carbocycles. The number of aryl methyl sites for hydroxylation is 1. The highest BCUT2D eigenvalue weighted by Gasteiger charge is 2.26. The molecule has 2 heterocycles. The van der Waals surface area contributed by atoms with E-state index in [0.29, 0.717) is 18.4 Å². The zero-order valence-corrected chi connectivity index (χ0v) is 19.3. The third-order valence-corrected chi connectivity index (χ3v) is 6.55. The molecule has 5 rings (SSSR count). The van der Waals surface area contributed by atoms with Gasteiger partial charge in [0.2, 0.25) is 5.43 Å². The van der Waals surface area contributed by atoms with E-state index in [0.717, 1.165) is 43.7 Å². The Balaban J connectivity index is 1.36. The summed E-state index contributed by atoms with van der Waals surface area (Å²) in [6.07, 6.45) is 4.00. The Morgan fingerprint density at radius 2 is 1.41 bits per heavy atom. The lowest BCUT2D eigenvalue weighted by molar-refractivity contribution is 0.121. The highest BCUT2D eigenvalue weighted by Crippen LogP contribution is 2.24. The van der Waals surface area contributed by atoms with E-state index in [4.69, 9.17) is 4.74 Å². The van der Waals surface area contributed by atoms with Crippen LogP contribution in [0.3, 0.4) is 0 Å². The van der Waals surface area contributed by atoms with Crippen LogP contribution in [0.2, 0.25) is 0 Å². The van der Waals surface area contributed by atoms with Crippen molar-refractivity contribution >= 4 is 0 Å². The second-order valence-electron chi connectivity index (χ2n) is 8.99. The van der Waals surface area contributed by atoms with E-state index in [-0.39, 0.29) is 5.43 Å². The summed E-state index contributed by atoms with van der Waals surface area (Å²) in [4.78, 5) is 15.3. The SMILES string of the molecule is O=c1cc2n(cc1OCc1ccccc1)CC(CCc1ccccc1)N(Cc1ccccc1)C2. The number of rotatable bonds is 8. The fourth-order valence-electron chi connectivity index (χ4n) is 4.68. The maximum atomic E-state index is 12.8. The molecule has 172 valence electrons. The monoisotopic (exact) mass is 450 g/mol. The van der Waals surface area contributed by atoms with E-state index >= 15 is 0 Å². The van der Waals surface area contributed by atoms with Gasteiger partial charge in [0, 0.05) is 37.4 Å². The fourth-order valence-corrected chi connectivity index (χ4v) is 4.68. The molecule has 4 aromatic rings. The molecule has 0 bridgehead atoms. The molecule has 0 fully saturated rings. The third-order valence-electron chi connectivity index (χ3n) is 6.55. The van der Waals surface area contributed by atoms with Crippen molar-refractivity contribution in [1.82, 2.24) is 9.47 Å². The fraction of sp³-hybridized carbons (Fsp3) is 0.233. The van der Waals surface area contributed by atoms with Gasteiger partial charge in [0.05, 0.1) is 6.20 Å². The van der Waals surface area contributed by atoms with Crippen LogP contribution in [0.25, 0.3) is 0 Å². The molecule has 0 amide bonds. The summed E-state index contributed by atoms with van der Waals surface area (Å²) in [6, 6.07) is 33.4. The summed E-state index contributed by atoms with van der Waals surface area (Å²) in [7, 11) is 0. The van der Waals surface area contributed by atoms with Crippen LogP contribution in [-0.2, 0) is 32.7 Å². The van der Waals surface area contributed by atoms with Crippen molar-refractivity contribution in [2.45, 2.75) is 45.1 Å². The molecule has 4 nitrogen and oxygen atoms in total. The number of nitrogens with zero attached hydrogens (tertiary/aromatic N) is 2. The predicted molar refractivity (Wildman–Crippen MR) is 136 cm³/mol. The second kappa shape index (κ2) is 10.5. The number of hydrogen-bond donors (Lipinski definition) is 0. The maximum absolute atomic E-state index is 12.8. The minimum atomic E-state index is -0.0513. The maximum Gasteiger partial charge on any atom is 0.223 e. The molecule has 1 unspecified atom stereocenters. The van der Waals surface area contributed by atoms with Gasteiger partial charge in [-0.3, -0.25) is 9.69 Å². The molecule has 4 heteroatoms. The molecule has 1 aliphatic rings. The smallest absolute Gasteiger partial charge is 0.223 e. The number of pyridine rings is 1. The van der Waals surface area contributed by atoms with Crippen LogP contribution in [0.5, 0.6) is 5.75 Å². The van der Waals surface area contributed by atoms with Crippen molar-refractivity contribution in [1.29, 1.82) is 0 Å². The van der Waals surface area contributed by atoms with Gasteiger partial charge in [-0.25, -0.2) is 0 Å². The van der Waals surface area contributed by atoms with Crippen LogP contribution in [0, 0.1) is 0 Å². The zero-order valence-electron chi connectivity index (χ0n) is 19.3. The van der Waals surface area contributed by atoms with Crippen LogP contribution in [0.15, 0.2) is 108 Å². The predicted octanol–water partition coefficient (Wildman–Crippen LogP) is 5.44. The van der Waals surface area contributed by atoms with Crippen molar-refractivity contribution < 1.29 is 4.74 Å². The van der Waals surface area contributed by atoms with E-state index < -0.39 is 0 Å². The van der Waals surface area contributed by atoms with Gasteiger partial charge in [0.15, 0.2) is 5.75 Å². The van der Waals surface area contributed by atoms with Crippen LogP contribution in [-0.4, -0.2) is 15.5 Å². The van der Waals surface area contributed by atoms with E-state index in [2.05, 4.69) is 70.1 Å². The molecule has 0 radical (unpaired) electrons. The van der Waals surface area contributed by atoms with Gasteiger partial charge in [0.25, 0.3) is 0 Å². The number of ether oxygens (including phenoxy) is 1. The van der Waals surface area contributed by atoms with Gasteiger partial charge in [-0.1, -0.05) is 91.0 Å². The Kier molecular flexibility index (Phi) is 6.87. The normalized spacial score (nSPS) is 15.6. The first-order chi connectivity index (χ1) is 16.7. The topological polar surface area (TPSA) is 34.5 Å². The number of benzene rings is 3. The minimum absolute atomic E-state index is 0.0513. The Morgan fingerprint density at radius 3 is 2.09 bits per heavy atom. The lowest BCUT2D eigenvalue weighted by Gasteiger charge is -2.38. The van der Waals surface area contributed by atoms with Crippen LogP contribution in [0.4, 0.5) is 0 Å². The summed E-state index contributed by atoms with van der Waals surface area (Å²) >= 11 is 0. The first-order valence-corrected chi connectivity index (χ1v) is 12.0. The summed E-state index contributed by atoms with van der Waals surface area (Å²) in [6.45, 7) is 2.87. The molecule has 0 spiro atoms. The molecule has 3 aromatic carbocycles. The largest absolute Gasteiger partial charge is 0.483 e. The van der Waals surface area contributed by atoms with Crippen LogP contribution >= 0.6 is 0 Å². The summed E-state index contributed by atoms with van der Waals surface area (Å²) in [5, 5.41) is 0. The molecule has 1 atom stereocenters. The zero-order chi connectivity index (χ0) is 23.2. The molecular formula is C30H30N2O2. The van der Waals surface area contributed by atoms with Gasteiger partial charge in [0.1, 0.15) is 6.61 Å². The van der Waals surface area contributed by atoms with Crippen molar-refractivity contribution in [2.75, 3.05) is 0 Å². The van der Waals surface area contributed by atoms with Crippen molar-refractivity contribution in [2.24, 2.45) is 0 Å². The van der Waals surface area contributed by atoms with E-state index in [1.54, 1.807) is 6.07 Å². The summed E-state index contributed by atoms with van der Waals surface area (Å²) in [5.41, 5.74) is 4.71. The summed E-state index contributed by atoms with van der Waals surface area (Å²) < 4.78 is 8.15. The second-order valence-corrected chi connectivity index (χ2v) is 8.99. The Labute approximate surface area is 201 Å². The molecule has 0 aliphatic carbocycles. The van der Waals surface area contributed by atoms with Gasteiger partial charge in [-0.2, -0.15) is 0 Å². The number of fused-ring (bicyclic) bond motifs is 1. The Hall–Kier alpha value is -3.63. The van der Waals surface area contributed by atoms with Gasteiger partial charge in [-0.15, -0.1) is 0 Å². The third kappa shape index (κ3) is 5.46. The highest BCUT2D eigenvalue weighted by atomic mass is 16.5. The Morgan fingerprint density at radius 1 is 0.794 bits per heavy atom. The first kappa shape index (κ1) is 22.2. The standard InChI is InChI=1S/C30H30N2O2/c33-29-18-28-21-31(19-25-12-6-2-7-13-25)27(17-16-24-10-4-1-5-11-24)20-32(28)22-30(29)34-23-26-14-8-3-9-15-26/h1-15,18,22,27H,16-17,19-21,23H2. The summed E-state index contributed by atoms with van der Waals surface area (Å²) in [5.74, 6) is 0.422. The lowest BCUT2D eigenvalue weighted by Crippen LogP contribution is -2.43. The molecule has 1 aliphatic heterocycles. The van der Waals surface area contributed by atoms with Gasteiger partial charge in [-0.05, 0) is 29.5 Å². The van der Waals surface area contributed by atoms with Crippen molar-refractivity contribution in [3.8, 4) is 5.75 Å². The van der Waals surface area contributed by atoms with E-state index in [1.807, 2.05) is 36.5 Å². The van der Waals surface area contributed by atoms with Crippen LogP contribution in [0.1, 0.15) is 28.8 Å². The quantitative estimate of drug-likeness (QED) is 0.358.